The van der Waals surface area contributed by atoms with Gasteiger partial charge in [0.25, 0.3) is 0 Å². The van der Waals surface area contributed by atoms with Gasteiger partial charge < -0.3 is 5.73 Å². The maximum absolute atomic E-state index is 13.3. The quantitative estimate of drug-likeness (QED) is 0.889. The summed E-state index contributed by atoms with van der Waals surface area (Å²) in [5, 5.41) is 0.703. The predicted molar refractivity (Wildman–Crippen MR) is 73.2 cm³/mol. The molecular formula is C15H15ClFN. The number of hydrogen-bond donors (Lipinski definition) is 1. The predicted octanol–water partition coefficient (Wildman–Crippen LogP) is 4.03. The molecule has 0 saturated heterocycles. The fourth-order valence-electron chi connectivity index (χ4n) is 1.97. The van der Waals surface area contributed by atoms with Crippen LogP contribution in [0, 0.1) is 12.7 Å². The Hall–Kier alpha value is -1.38. The molecule has 0 spiro atoms. The average molecular weight is 264 g/mol. The first-order chi connectivity index (χ1) is 8.54. The fraction of sp³-hybridized carbons (Fsp3) is 0.200. The van der Waals surface area contributed by atoms with Gasteiger partial charge >= 0.3 is 0 Å². The van der Waals surface area contributed by atoms with Crippen LogP contribution in [0.25, 0.3) is 0 Å². The van der Waals surface area contributed by atoms with Crippen molar-refractivity contribution in [1.82, 2.24) is 0 Å². The van der Waals surface area contributed by atoms with Crippen molar-refractivity contribution in [3.63, 3.8) is 0 Å². The van der Waals surface area contributed by atoms with Gasteiger partial charge in [-0.05, 0) is 54.3 Å². The molecule has 2 rings (SSSR count). The van der Waals surface area contributed by atoms with E-state index in [1.54, 1.807) is 0 Å². The van der Waals surface area contributed by atoms with Crippen LogP contribution in [-0.2, 0) is 6.42 Å². The molecule has 0 radical (unpaired) electrons. The zero-order valence-electron chi connectivity index (χ0n) is 10.2. The molecule has 94 valence electrons. The van der Waals surface area contributed by atoms with Crippen molar-refractivity contribution in [2.75, 3.05) is 0 Å². The molecule has 0 amide bonds. The van der Waals surface area contributed by atoms with E-state index in [9.17, 15) is 4.39 Å². The molecule has 3 heteroatoms. The second-order valence-electron chi connectivity index (χ2n) is 4.50. The monoisotopic (exact) mass is 263 g/mol. The van der Waals surface area contributed by atoms with Crippen molar-refractivity contribution in [2.45, 2.75) is 19.4 Å². The smallest absolute Gasteiger partial charge is 0.123 e. The molecule has 0 fully saturated rings. The largest absolute Gasteiger partial charge is 0.324 e. The summed E-state index contributed by atoms with van der Waals surface area (Å²) < 4.78 is 13.3. The Kier molecular flexibility index (Phi) is 4.00. The first-order valence-corrected chi connectivity index (χ1v) is 6.19. The normalized spacial score (nSPS) is 12.4. The molecule has 2 N–H and O–H groups in total. The van der Waals surface area contributed by atoms with E-state index in [0.717, 1.165) is 16.7 Å². The lowest BCUT2D eigenvalue weighted by molar-refractivity contribution is 0.617. The van der Waals surface area contributed by atoms with Gasteiger partial charge in [-0.3, -0.25) is 0 Å². The van der Waals surface area contributed by atoms with Crippen molar-refractivity contribution < 1.29 is 4.39 Å². The molecule has 1 unspecified atom stereocenters. The van der Waals surface area contributed by atoms with Crippen molar-refractivity contribution in [1.29, 1.82) is 0 Å². The third-order valence-corrected chi connectivity index (χ3v) is 3.11. The highest BCUT2D eigenvalue weighted by Crippen LogP contribution is 2.19. The summed E-state index contributed by atoms with van der Waals surface area (Å²) >= 11 is 5.83. The molecule has 18 heavy (non-hydrogen) atoms. The maximum atomic E-state index is 13.3. The number of rotatable bonds is 3. The van der Waals surface area contributed by atoms with Gasteiger partial charge in [0.15, 0.2) is 0 Å². The third kappa shape index (κ3) is 3.31. The molecule has 2 aromatic rings. The topological polar surface area (TPSA) is 26.0 Å². The highest BCUT2D eigenvalue weighted by atomic mass is 35.5. The Labute approximate surface area is 111 Å². The van der Waals surface area contributed by atoms with Gasteiger partial charge in [-0.25, -0.2) is 4.39 Å². The minimum Gasteiger partial charge on any atom is -0.324 e. The first kappa shape index (κ1) is 13.1. The second-order valence-corrected chi connectivity index (χ2v) is 4.94. The van der Waals surface area contributed by atoms with Gasteiger partial charge in [-0.1, -0.05) is 29.8 Å². The molecule has 2 aromatic carbocycles. The lowest BCUT2D eigenvalue weighted by atomic mass is 9.98. The highest BCUT2D eigenvalue weighted by Gasteiger charge is 2.09. The highest BCUT2D eigenvalue weighted by molar-refractivity contribution is 6.30. The summed E-state index contributed by atoms with van der Waals surface area (Å²) in [5.41, 5.74) is 8.90. The summed E-state index contributed by atoms with van der Waals surface area (Å²) in [4.78, 5) is 0. The van der Waals surface area contributed by atoms with Crippen LogP contribution in [0.2, 0.25) is 5.02 Å². The van der Waals surface area contributed by atoms with Crippen LogP contribution in [-0.4, -0.2) is 0 Å². The summed E-state index contributed by atoms with van der Waals surface area (Å²) in [6.45, 7) is 1.86. The van der Waals surface area contributed by atoms with Crippen molar-refractivity contribution in [2.24, 2.45) is 5.73 Å². The standard InChI is InChI=1S/C15H15ClFN/c1-10-6-12(9-14(17)7-10)15(18)8-11-2-4-13(16)5-3-11/h2-7,9,15H,8,18H2,1H3. The van der Waals surface area contributed by atoms with E-state index in [4.69, 9.17) is 17.3 Å². The summed E-state index contributed by atoms with van der Waals surface area (Å²) in [7, 11) is 0. The van der Waals surface area contributed by atoms with Crippen molar-refractivity contribution in [3.8, 4) is 0 Å². The van der Waals surface area contributed by atoms with Crippen LogP contribution < -0.4 is 5.73 Å². The van der Waals surface area contributed by atoms with Crippen LogP contribution >= 0.6 is 11.6 Å². The Balaban J connectivity index is 2.16. The van der Waals surface area contributed by atoms with E-state index in [1.165, 1.54) is 12.1 Å². The SMILES string of the molecule is Cc1cc(F)cc(C(N)Cc2ccc(Cl)cc2)c1. The van der Waals surface area contributed by atoms with E-state index in [1.807, 2.05) is 37.3 Å². The van der Waals surface area contributed by atoms with Crippen LogP contribution in [0.1, 0.15) is 22.7 Å². The molecule has 0 aliphatic rings. The van der Waals surface area contributed by atoms with E-state index in [-0.39, 0.29) is 11.9 Å². The minimum atomic E-state index is -0.239. The molecule has 0 aliphatic carbocycles. The minimum absolute atomic E-state index is 0.208. The summed E-state index contributed by atoms with van der Waals surface area (Å²) in [6.07, 6.45) is 0.667. The third-order valence-electron chi connectivity index (χ3n) is 2.86. The maximum Gasteiger partial charge on any atom is 0.123 e. The molecule has 0 bridgehead atoms. The molecule has 0 aliphatic heterocycles. The summed E-state index contributed by atoms with van der Waals surface area (Å²) in [6, 6.07) is 12.2. The Bertz CT molecular complexity index is 516. The fourth-order valence-corrected chi connectivity index (χ4v) is 2.10. The van der Waals surface area contributed by atoms with Crippen molar-refractivity contribution >= 4 is 11.6 Å². The van der Waals surface area contributed by atoms with Gasteiger partial charge in [0.05, 0.1) is 0 Å². The van der Waals surface area contributed by atoms with Gasteiger partial charge in [0.1, 0.15) is 5.82 Å². The molecule has 1 atom stereocenters. The number of aryl methyl sites for hydroxylation is 1. The number of benzene rings is 2. The molecular weight excluding hydrogens is 249 g/mol. The van der Waals surface area contributed by atoms with Gasteiger partial charge in [-0.2, -0.15) is 0 Å². The Morgan fingerprint density at radius 3 is 2.44 bits per heavy atom. The van der Waals surface area contributed by atoms with Gasteiger partial charge in [-0.15, -0.1) is 0 Å². The lowest BCUT2D eigenvalue weighted by Crippen LogP contribution is -2.13. The number of halogens is 2. The second kappa shape index (κ2) is 5.51. The first-order valence-electron chi connectivity index (χ1n) is 5.82. The lowest BCUT2D eigenvalue weighted by Gasteiger charge is -2.13. The average Bonchev–Trinajstić information content (AvgIpc) is 2.31. The molecule has 1 nitrogen and oxygen atoms in total. The summed E-state index contributed by atoms with van der Waals surface area (Å²) in [5.74, 6) is -0.239. The molecule has 0 saturated carbocycles. The van der Waals surface area contributed by atoms with Crippen LogP contribution in [0.15, 0.2) is 42.5 Å². The van der Waals surface area contributed by atoms with Crippen LogP contribution in [0.5, 0.6) is 0 Å². The van der Waals surface area contributed by atoms with E-state index in [0.29, 0.717) is 11.4 Å². The molecule has 0 aromatic heterocycles. The van der Waals surface area contributed by atoms with Gasteiger partial charge in [0, 0.05) is 11.1 Å². The molecule has 0 heterocycles. The van der Waals surface area contributed by atoms with E-state index >= 15 is 0 Å². The Morgan fingerprint density at radius 2 is 1.83 bits per heavy atom. The zero-order valence-corrected chi connectivity index (χ0v) is 10.9. The van der Waals surface area contributed by atoms with E-state index in [2.05, 4.69) is 0 Å². The number of nitrogens with two attached hydrogens (primary N) is 1. The number of hydrogen-bond acceptors (Lipinski definition) is 1. The van der Waals surface area contributed by atoms with Crippen molar-refractivity contribution in [3.05, 3.63) is 70.0 Å². The zero-order chi connectivity index (χ0) is 13.1. The van der Waals surface area contributed by atoms with Gasteiger partial charge in [0.2, 0.25) is 0 Å². The van der Waals surface area contributed by atoms with Crippen LogP contribution in [0.3, 0.4) is 0 Å². The van der Waals surface area contributed by atoms with Crippen LogP contribution in [0.4, 0.5) is 4.39 Å². The van der Waals surface area contributed by atoms with E-state index < -0.39 is 0 Å². The Morgan fingerprint density at radius 1 is 1.17 bits per heavy atom.